The van der Waals surface area contributed by atoms with Crippen molar-refractivity contribution in [3.63, 3.8) is 0 Å². The Kier molecular flexibility index (Phi) is 3.94. The molecule has 0 aromatic carbocycles. The molecule has 9 heteroatoms. The molecule has 0 aliphatic rings. The molecule has 1 atom stereocenters. The molecule has 0 bridgehead atoms. The van der Waals surface area contributed by atoms with Gasteiger partial charge < -0.3 is 5.32 Å². The first-order chi connectivity index (χ1) is 9.50. The van der Waals surface area contributed by atoms with Crippen LogP contribution in [0.1, 0.15) is 28.9 Å². The molecule has 2 rings (SSSR count). The molecule has 2 aromatic rings. The Bertz CT molecular complexity index is 644. The smallest absolute Gasteiger partial charge is 0.319 e. The van der Waals surface area contributed by atoms with Crippen LogP contribution >= 0.6 is 11.6 Å². The number of carbonyl (C=O) groups is 1. The van der Waals surface area contributed by atoms with Gasteiger partial charge in [0.15, 0.2) is 0 Å². The molecule has 1 unspecified atom stereocenters. The van der Waals surface area contributed by atoms with Gasteiger partial charge in [-0.15, -0.1) is 0 Å². The standard InChI is InChI=1S/C11H10ClN5O3/c1-6(7-4-14-15-5-7)16-11(18)8-2-3-13-10(12)9(8)17(19)20/h2-6H,1H3,(H,14,15)(H,16,18). The molecule has 0 fully saturated rings. The minimum absolute atomic E-state index is 0.134. The summed E-state index contributed by atoms with van der Waals surface area (Å²) in [5, 5.41) is 19.6. The van der Waals surface area contributed by atoms with Crippen molar-refractivity contribution >= 4 is 23.2 Å². The molecule has 0 spiro atoms. The van der Waals surface area contributed by atoms with Crippen molar-refractivity contribution in [1.82, 2.24) is 20.5 Å². The number of hydrogen-bond acceptors (Lipinski definition) is 5. The summed E-state index contributed by atoms with van der Waals surface area (Å²) in [7, 11) is 0. The molecule has 20 heavy (non-hydrogen) atoms. The van der Waals surface area contributed by atoms with Gasteiger partial charge in [0.05, 0.1) is 17.2 Å². The summed E-state index contributed by atoms with van der Waals surface area (Å²) in [5.74, 6) is -0.602. The quantitative estimate of drug-likeness (QED) is 0.507. The number of pyridine rings is 1. The maximum Gasteiger partial charge on any atom is 0.319 e. The summed E-state index contributed by atoms with van der Waals surface area (Å²) in [4.78, 5) is 25.9. The van der Waals surface area contributed by atoms with Gasteiger partial charge in [-0.05, 0) is 13.0 Å². The van der Waals surface area contributed by atoms with Crippen LogP contribution in [0.25, 0.3) is 0 Å². The molecular formula is C11H10ClN5O3. The van der Waals surface area contributed by atoms with Gasteiger partial charge >= 0.3 is 5.69 Å². The number of halogens is 1. The molecule has 0 aliphatic heterocycles. The Morgan fingerprint density at radius 3 is 2.95 bits per heavy atom. The highest BCUT2D eigenvalue weighted by Crippen LogP contribution is 2.26. The molecule has 1 amide bonds. The Balaban J connectivity index is 2.26. The van der Waals surface area contributed by atoms with E-state index in [2.05, 4.69) is 20.5 Å². The average molecular weight is 296 g/mol. The number of rotatable bonds is 4. The maximum absolute atomic E-state index is 12.1. The summed E-state index contributed by atoms with van der Waals surface area (Å²) < 4.78 is 0. The van der Waals surface area contributed by atoms with E-state index >= 15 is 0 Å². The van der Waals surface area contributed by atoms with Gasteiger partial charge in [0.25, 0.3) is 5.91 Å². The second kappa shape index (κ2) is 5.66. The van der Waals surface area contributed by atoms with Crippen molar-refractivity contribution < 1.29 is 9.72 Å². The van der Waals surface area contributed by atoms with Gasteiger partial charge in [-0.3, -0.25) is 20.0 Å². The summed E-state index contributed by atoms with van der Waals surface area (Å²) in [6.07, 6.45) is 4.42. The molecule has 0 saturated heterocycles. The summed E-state index contributed by atoms with van der Waals surface area (Å²) in [6, 6.07) is 0.898. The SMILES string of the molecule is CC(NC(=O)c1ccnc(Cl)c1[N+](=O)[O-])c1cn[nH]c1. The van der Waals surface area contributed by atoms with Crippen molar-refractivity contribution in [1.29, 1.82) is 0 Å². The van der Waals surface area contributed by atoms with Crippen molar-refractivity contribution in [2.75, 3.05) is 0 Å². The Labute approximate surface area is 118 Å². The van der Waals surface area contributed by atoms with Gasteiger partial charge in [0, 0.05) is 18.0 Å². The lowest BCUT2D eigenvalue weighted by atomic mass is 10.1. The average Bonchev–Trinajstić information content (AvgIpc) is 2.91. The van der Waals surface area contributed by atoms with Gasteiger partial charge in [-0.25, -0.2) is 4.98 Å². The molecule has 0 saturated carbocycles. The third-order valence-corrected chi connectivity index (χ3v) is 2.95. The van der Waals surface area contributed by atoms with E-state index in [1.54, 1.807) is 19.3 Å². The number of carbonyl (C=O) groups excluding carboxylic acids is 1. The minimum atomic E-state index is -0.729. The summed E-state index contributed by atoms with van der Waals surface area (Å²) in [6.45, 7) is 1.73. The van der Waals surface area contributed by atoms with Crippen LogP contribution in [0.5, 0.6) is 0 Å². The van der Waals surface area contributed by atoms with Gasteiger partial charge in [0.1, 0.15) is 5.56 Å². The Morgan fingerprint density at radius 1 is 1.60 bits per heavy atom. The van der Waals surface area contributed by atoms with Crippen molar-refractivity contribution in [3.8, 4) is 0 Å². The third kappa shape index (κ3) is 2.75. The molecular weight excluding hydrogens is 286 g/mol. The second-order valence-corrected chi connectivity index (χ2v) is 4.34. The van der Waals surface area contributed by atoms with Crippen molar-refractivity contribution in [3.05, 3.63) is 51.1 Å². The normalized spacial score (nSPS) is 11.9. The van der Waals surface area contributed by atoms with Crippen LogP contribution in [-0.4, -0.2) is 26.0 Å². The van der Waals surface area contributed by atoms with Gasteiger partial charge in [-0.1, -0.05) is 11.6 Å². The summed E-state index contributed by atoms with van der Waals surface area (Å²) in [5.41, 5.74) is 0.109. The van der Waals surface area contributed by atoms with Crippen molar-refractivity contribution in [2.24, 2.45) is 0 Å². The van der Waals surface area contributed by atoms with Gasteiger partial charge in [-0.2, -0.15) is 5.10 Å². The fraction of sp³-hybridized carbons (Fsp3) is 0.182. The predicted molar refractivity (Wildman–Crippen MR) is 70.4 cm³/mol. The first kappa shape index (κ1) is 13.9. The highest BCUT2D eigenvalue weighted by Gasteiger charge is 2.25. The number of nitrogens with zero attached hydrogens (tertiary/aromatic N) is 3. The minimum Gasteiger partial charge on any atom is -0.345 e. The lowest BCUT2D eigenvalue weighted by Gasteiger charge is -2.12. The molecule has 2 heterocycles. The molecule has 0 aliphatic carbocycles. The van der Waals surface area contributed by atoms with Crippen LogP contribution in [0.4, 0.5) is 5.69 Å². The number of nitrogens with one attached hydrogen (secondary N) is 2. The van der Waals surface area contributed by atoms with Crippen LogP contribution < -0.4 is 5.32 Å². The fourth-order valence-corrected chi connectivity index (χ4v) is 1.87. The molecule has 2 N–H and O–H groups in total. The van der Waals surface area contributed by atoms with E-state index in [9.17, 15) is 14.9 Å². The Hall–Kier alpha value is -2.48. The zero-order chi connectivity index (χ0) is 14.7. The molecule has 104 valence electrons. The van der Waals surface area contributed by atoms with Crippen LogP contribution in [0.3, 0.4) is 0 Å². The fourth-order valence-electron chi connectivity index (χ4n) is 1.64. The molecule has 0 radical (unpaired) electrons. The van der Waals surface area contributed by atoms with E-state index in [0.29, 0.717) is 0 Å². The first-order valence-electron chi connectivity index (χ1n) is 5.59. The number of H-pyrrole nitrogens is 1. The Morgan fingerprint density at radius 2 is 2.35 bits per heavy atom. The number of nitro groups is 1. The van der Waals surface area contributed by atoms with E-state index in [1.165, 1.54) is 12.3 Å². The topological polar surface area (TPSA) is 114 Å². The van der Waals surface area contributed by atoms with E-state index in [0.717, 1.165) is 5.56 Å². The number of aromatic amines is 1. The van der Waals surface area contributed by atoms with Crippen molar-refractivity contribution in [2.45, 2.75) is 13.0 Å². The zero-order valence-corrected chi connectivity index (χ0v) is 11.1. The number of hydrogen-bond donors (Lipinski definition) is 2. The second-order valence-electron chi connectivity index (χ2n) is 3.98. The third-order valence-electron chi connectivity index (χ3n) is 2.67. The van der Waals surface area contributed by atoms with Gasteiger partial charge in [0.2, 0.25) is 5.15 Å². The lowest BCUT2D eigenvalue weighted by Crippen LogP contribution is -2.27. The van der Waals surface area contributed by atoms with E-state index < -0.39 is 16.5 Å². The predicted octanol–water partition coefficient (Wildman–Crippen LogP) is 1.86. The van der Waals surface area contributed by atoms with E-state index in [1.807, 2.05) is 0 Å². The van der Waals surface area contributed by atoms with Crippen LogP contribution in [0.2, 0.25) is 5.15 Å². The zero-order valence-electron chi connectivity index (χ0n) is 10.3. The monoisotopic (exact) mass is 295 g/mol. The van der Waals surface area contributed by atoms with E-state index in [-0.39, 0.29) is 16.8 Å². The van der Waals surface area contributed by atoms with Crippen LogP contribution in [0.15, 0.2) is 24.7 Å². The number of amides is 1. The first-order valence-corrected chi connectivity index (χ1v) is 5.97. The lowest BCUT2D eigenvalue weighted by molar-refractivity contribution is -0.385. The largest absolute Gasteiger partial charge is 0.345 e. The summed E-state index contributed by atoms with van der Waals surface area (Å²) >= 11 is 5.66. The molecule has 8 nitrogen and oxygen atoms in total. The van der Waals surface area contributed by atoms with E-state index in [4.69, 9.17) is 11.6 Å². The highest BCUT2D eigenvalue weighted by atomic mass is 35.5. The van der Waals surface area contributed by atoms with Crippen LogP contribution in [-0.2, 0) is 0 Å². The highest BCUT2D eigenvalue weighted by molar-refractivity contribution is 6.32. The maximum atomic E-state index is 12.1. The van der Waals surface area contributed by atoms with Crippen LogP contribution in [0, 0.1) is 10.1 Å². The molecule has 2 aromatic heterocycles. The number of aromatic nitrogens is 3.